The van der Waals surface area contributed by atoms with Crippen LogP contribution in [0.25, 0.3) is 0 Å². The number of anilines is 1. The summed E-state index contributed by atoms with van der Waals surface area (Å²) in [5, 5.41) is 2.70. The minimum absolute atomic E-state index is 0.0145. The van der Waals surface area contributed by atoms with Gasteiger partial charge in [0.1, 0.15) is 6.26 Å². The molecule has 0 saturated heterocycles. The van der Waals surface area contributed by atoms with Crippen LogP contribution in [0.15, 0.2) is 10.7 Å². The zero-order chi connectivity index (χ0) is 9.68. The number of aromatic nitrogens is 1. The van der Waals surface area contributed by atoms with E-state index in [1.807, 2.05) is 0 Å². The van der Waals surface area contributed by atoms with Crippen LogP contribution in [0.2, 0.25) is 0 Å². The summed E-state index contributed by atoms with van der Waals surface area (Å²) in [4.78, 5) is 14.9. The topological polar surface area (TPSA) is 81.2 Å². The lowest BCUT2D eigenvalue weighted by atomic mass is 10.3. The Morgan fingerprint density at radius 2 is 2.54 bits per heavy atom. The third kappa shape index (κ3) is 2.77. The standard InChI is InChI=1S/C8H13N3O2/c1-2-3-4-10-7(12)6-5-13-8(9)11-6/h5H,2-4H2,1H3,(H2,9,11)(H,10,12). The molecule has 0 aromatic carbocycles. The molecule has 1 aromatic rings. The van der Waals surface area contributed by atoms with Crippen LogP contribution >= 0.6 is 0 Å². The highest BCUT2D eigenvalue weighted by atomic mass is 16.4. The van der Waals surface area contributed by atoms with Crippen molar-refractivity contribution in [3.05, 3.63) is 12.0 Å². The molecule has 0 atom stereocenters. The average molecular weight is 183 g/mol. The molecule has 1 heterocycles. The van der Waals surface area contributed by atoms with E-state index in [1.165, 1.54) is 6.26 Å². The van der Waals surface area contributed by atoms with E-state index in [4.69, 9.17) is 10.2 Å². The van der Waals surface area contributed by atoms with Gasteiger partial charge in [-0.15, -0.1) is 0 Å². The number of nitrogens with two attached hydrogens (primary N) is 1. The lowest BCUT2D eigenvalue weighted by molar-refractivity contribution is 0.0948. The van der Waals surface area contributed by atoms with Gasteiger partial charge in [-0.3, -0.25) is 4.79 Å². The van der Waals surface area contributed by atoms with Gasteiger partial charge in [-0.2, -0.15) is 4.98 Å². The molecule has 0 fully saturated rings. The van der Waals surface area contributed by atoms with Crippen molar-refractivity contribution >= 4 is 11.9 Å². The van der Waals surface area contributed by atoms with Gasteiger partial charge in [0.15, 0.2) is 5.69 Å². The molecule has 0 unspecified atom stereocenters. The molecule has 3 N–H and O–H groups in total. The van der Waals surface area contributed by atoms with Crippen LogP contribution in [0, 0.1) is 0 Å². The van der Waals surface area contributed by atoms with Crippen LogP contribution in [-0.4, -0.2) is 17.4 Å². The molecule has 0 saturated carbocycles. The van der Waals surface area contributed by atoms with E-state index in [0.29, 0.717) is 6.54 Å². The molecule has 1 aromatic heterocycles. The Balaban J connectivity index is 2.40. The fourth-order valence-corrected chi connectivity index (χ4v) is 0.861. The normalized spacial score (nSPS) is 9.92. The second-order valence-electron chi connectivity index (χ2n) is 2.68. The first-order valence-electron chi connectivity index (χ1n) is 4.23. The molecular weight excluding hydrogens is 170 g/mol. The third-order valence-electron chi connectivity index (χ3n) is 1.57. The van der Waals surface area contributed by atoms with Crippen molar-refractivity contribution in [1.82, 2.24) is 10.3 Å². The molecule has 0 aliphatic rings. The number of nitrogens with zero attached hydrogens (tertiary/aromatic N) is 1. The summed E-state index contributed by atoms with van der Waals surface area (Å²) in [6, 6.07) is 0.0145. The molecule has 72 valence electrons. The second-order valence-corrected chi connectivity index (χ2v) is 2.68. The van der Waals surface area contributed by atoms with E-state index in [2.05, 4.69) is 17.2 Å². The van der Waals surface area contributed by atoms with Gasteiger partial charge in [0, 0.05) is 6.54 Å². The molecule has 0 aliphatic heterocycles. The van der Waals surface area contributed by atoms with E-state index in [-0.39, 0.29) is 17.6 Å². The Bertz CT molecular complexity index is 283. The number of carbonyl (C=O) groups excluding carboxylic acids is 1. The lowest BCUT2D eigenvalue weighted by Crippen LogP contribution is -2.24. The molecule has 0 aliphatic carbocycles. The van der Waals surface area contributed by atoms with Crippen LogP contribution in [0.5, 0.6) is 0 Å². The molecule has 0 radical (unpaired) electrons. The van der Waals surface area contributed by atoms with Gasteiger partial charge in [0.25, 0.3) is 11.9 Å². The van der Waals surface area contributed by atoms with Crippen LogP contribution in [-0.2, 0) is 0 Å². The SMILES string of the molecule is CCCCNC(=O)c1coc(N)n1. The van der Waals surface area contributed by atoms with Gasteiger partial charge >= 0.3 is 0 Å². The third-order valence-corrected chi connectivity index (χ3v) is 1.57. The van der Waals surface area contributed by atoms with Gasteiger partial charge in [-0.25, -0.2) is 0 Å². The largest absolute Gasteiger partial charge is 0.431 e. The second kappa shape index (κ2) is 4.49. The van der Waals surface area contributed by atoms with Crippen molar-refractivity contribution in [3.63, 3.8) is 0 Å². The number of unbranched alkanes of at least 4 members (excludes halogenated alkanes) is 1. The minimum atomic E-state index is -0.242. The smallest absolute Gasteiger partial charge is 0.292 e. The van der Waals surface area contributed by atoms with Crippen LogP contribution < -0.4 is 11.1 Å². The zero-order valence-electron chi connectivity index (χ0n) is 7.54. The molecular formula is C8H13N3O2. The molecule has 13 heavy (non-hydrogen) atoms. The van der Waals surface area contributed by atoms with Crippen LogP contribution in [0.3, 0.4) is 0 Å². The van der Waals surface area contributed by atoms with Crippen molar-refractivity contribution in [3.8, 4) is 0 Å². The first-order chi connectivity index (χ1) is 6.24. The number of carbonyl (C=O) groups is 1. The van der Waals surface area contributed by atoms with E-state index in [0.717, 1.165) is 12.8 Å². The van der Waals surface area contributed by atoms with E-state index in [1.54, 1.807) is 0 Å². The monoisotopic (exact) mass is 183 g/mol. The molecule has 1 rings (SSSR count). The molecule has 5 heteroatoms. The number of oxazole rings is 1. The van der Waals surface area contributed by atoms with Gasteiger partial charge < -0.3 is 15.5 Å². The molecule has 0 bridgehead atoms. The molecule has 0 spiro atoms. The van der Waals surface area contributed by atoms with Crippen molar-refractivity contribution in [2.45, 2.75) is 19.8 Å². The maximum atomic E-state index is 11.2. The van der Waals surface area contributed by atoms with Crippen molar-refractivity contribution in [2.24, 2.45) is 0 Å². The van der Waals surface area contributed by atoms with Gasteiger partial charge in [-0.05, 0) is 6.42 Å². The highest BCUT2D eigenvalue weighted by Crippen LogP contribution is 2.02. The Hall–Kier alpha value is -1.52. The van der Waals surface area contributed by atoms with Gasteiger partial charge in [0.05, 0.1) is 0 Å². The van der Waals surface area contributed by atoms with Crippen LogP contribution in [0.4, 0.5) is 6.01 Å². The summed E-state index contributed by atoms with van der Waals surface area (Å²) >= 11 is 0. The predicted molar refractivity (Wildman–Crippen MR) is 48.2 cm³/mol. The average Bonchev–Trinajstić information content (AvgIpc) is 2.52. The van der Waals surface area contributed by atoms with Crippen molar-refractivity contribution < 1.29 is 9.21 Å². The van der Waals surface area contributed by atoms with Crippen molar-refractivity contribution in [2.75, 3.05) is 12.3 Å². The van der Waals surface area contributed by atoms with Crippen LogP contribution in [0.1, 0.15) is 30.3 Å². The molecule has 5 nitrogen and oxygen atoms in total. The van der Waals surface area contributed by atoms with E-state index >= 15 is 0 Å². The summed E-state index contributed by atoms with van der Waals surface area (Å²) in [6.07, 6.45) is 3.25. The summed E-state index contributed by atoms with van der Waals surface area (Å²) in [5.74, 6) is -0.242. The summed E-state index contributed by atoms with van der Waals surface area (Å²) in [7, 11) is 0. The predicted octanol–water partition coefficient (Wildman–Crippen LogP) is 0.787. The molecule has 1 amide bonds. The maximum absolute atomic E-state index is 11.2. The Morgan fingerprint density at radius 1 is 1.77 bits per heavy atom. The highest BCUT2D eigenvalue weighted by molar-refractivity contribution is 5.92. The summed E-state index contributed by atoms with van der Waals surface area (Å²) < 4.78 is 4.70. The first-order valence-corrected chi connectivity index (χ1v) is 4.23. The number of hydrogen-bond donors (Lipinski definition) is 2. The Morgan fingerprint density at radius 3 is 3.08 bits per heavy atom. The Labute approximate surface area is 76.3 Å². The summed E-state index contributed by atoms with van der Waals surface area (Å²) in [5.41, 5.74) is 5.44. The van der Waals surface area contributed by atoms with E-state index in [9.17, 15) is 4.79 Å². The first kappa shape index (κ1) is 9.57. The number of amides is 1. The van der Waals surface area contributed by atoms with Crippen molar-refractivity contribution in [1.29, 1.82) is 0 Å². The number of rotatable bonds is 4. The quantitative estimate of drug-likeness (QED) is 0.676. The fraction of sp³-hybridized carbons (Fsp3) is 0.500. The number of nitrogens with one attached hydrogen (secondary N) is 1. The van der Waals surface area contributed by atoms with Gasteiger partial charge in [-0.1, -0.05) is 13.3 Å². The number of nitrogen functional groups attached to an aromatic ring is 1. The van der Waals surface area contributed by atoms with Gasteiger partial charge in [0.2, 0.25) is 0 Å². The zero-order valence-corrected chi connectivity index (χ0v) is 7.54. The minimum Gasteiger partial charge on any atom is -0.431 e. The Kier molecular flexibility index (Phi) is 3.31. The van der Waals surface area contributed by atoms with E-state index < -0.39 is 0 Å². The fourth-order valence-electron chi connectivity index (χ4n) is 0.861. The number of hydrogen-bond acceptors (Lipinski definition) is 4. The lowest BCUT2D eigenvalue weighted by Gasteiger charge is -1.99. The maximum Gasteiger partial charge on any atom is 0.292 e. The highest BCUT2D eigenvalue weighted by Gasteiger charge is 2.09. The summed E-state index contributed by atoms with van der Waals surface area (Å²) in [6.45, 7) is 2.71.